The molecular formula is C18H22N2O4. The average molecular weight is 330 g/mol. The molecular weight excluding hydrogens is 308 g/mol. The molecule has 128 valence electrons. The van der Waals surface area contributed by atoms with E-state index in [0.29, 0.717) is 30.3 Å². The van der Waals surface area contributed by atoms with Crippen molar-refractivity contribution < 1.29 is 19.1 Å². The first-order valence-electron chi connectivity index (χ1n) is 8.06. The number of hydrogen-bond acceptors (Lipinski definition) is 4. The molecule has 6 nitrogen and oxygen atoms in total. The number of hydrogen-bond donors (Lipinski definition) is 2. The van der Waals surface area contributed by atoms with Crippen molar-refractivity contribution in [1.29, 1.82) is 0 Å². The number of oxazole rings is 1. The predicted molar refractivity (Wildman–Crippen MR) is 89.5 cm³/mol. The Bertz CT molecular complexity index is 680. The minimum atomic E-state index is -0.783. The molecule has 0 fully saturated rings. The Morgan fingerprint density at radius 3 is 2.62 bits per heavy atom. The van der Waals surface area contributed by atoms with Gasteiger partial charge in [-0.1, -0.05) is 24.6 Å². The fraction of sp³-hybridized carbons (Fsp3) is 0.389. The highest BCUT2D eigenvalue weighted by Gasteiger charge is 2.14. The average Bonchev–Trinajstić information content (AvgIpc) is 2.92. The normalized spacial score (nSPS) is 10.5. The van der Waals surface area contributed by atoms with Crippen LogP contribution in [0.3, 0.4) is 0 Å². The van der Waals surface area contributed by atoms with Gasteiger partial charge in [-0.15, -0.1) is 0 Å². The SMILES string of the molecule is Cc1oc(-c2ccccc2)nc1CC(=O)NCCCCCC(=O)O. The van der Waals surface area contributed by atoms with Crippen LogP contribution >= 0.6 is 0 Å². The summed E-state index contributed by atoms with van der Waals surface area (Å²) in [4.78, 5) is 26.8. The van der Waals surface area contributed by atoms with E-state index in [2.05, 4.69) is 10.3 Å². The standard InChI is InChI=1S/C18H22N2O4/c1-13-15(20-18(24-13)14-8-4-2-5-9-14)12-16(21)19-11-7-3-6-10-17(22)23/h2,4-5,8-9H,3,6-7,10-12H2,1H3,(H,19,21)(H,22,23). The molecule has 6 heteroatoms. The van der Waals surface area contributed by atoms with E-state index in [4.69, 9.17) is 9.52 Å². The number of carbonyl (C=O) groups excluding carboxylic acids is 1. The molecule has 1 aromatic heterocycles. The third kappa shape index (κ3) is 5.53. The molecule has 0 aliphatic rings. The highest BCUT2D eigenvalue weighted by molar-refractivity contribution is 5.78. The first-order chi connectivity index (χ1) is 11.6. The number of aromatic nitrogens is 1. The van der Waals surface area contributed by atoms with Gasteiger partial charge in [0.1, 0.15) is 5.76 Å². The number of unbranched alkanes of at least 4 members (excludes halogenated alkanes) is 2. The smallest absolute Gasteiger partial charge is 0.303 e. The maximum Gasteiger partial charge on any atom is 0.303 e. The first-order valence-corrected chi connectivity index (χ1v) is 8.06. The topological polar surface area (TPSA) is 92.4 Å². The Balaban J connectivity index is 1.78. The number of carboxylic acids is 1. The highest BCUT2D eigenvalue weighted by atomic mass is 16.4. The van der Waals surface area contributed by atoms with Crippen molar-refractivity contribution in [2.75, 3.05) is 6.54 Å². The lowest BCUT2D eigenvalue weighted by atomic mass is 10.2. The lowest BCUT2D eigenvalue weighted by Gasteiger charge is -2.03. The summed E-state index contributed by atoms with van der Waals surface area (Å²) in [7, 11) is 0. The fourth-order valence-corrected chi connectivity index (χ4v) is 2.32. The molecule has 1 aromatic carbocycles. The Kier molecular flexibility index (Phi) is 6.54. The number of carboxylic acid groups (broad SMARTS) is 1. The first kappa shape index (κ1) is 17.7. The summed E-state index contributed by atoms with van der Waals surface area (Å²) in [6, 6.07) is 9.56. The Morgan fingerprint density at radius 1 is 1.17 bits per heavy atom. The summed E-state index contributed by atoms with van der Waals surface area (Å²) in [5.41, 5.74) is 1.52. The van der Waals surface area contributed by atoms with Crippen LogP contribution in [0.15, 0.2) is 34.7 Å². The van der Waals surface area contributed by atoms with Gasteiger partial charge < -0.3 is 14.8 Å². The Morgan fingerprint density at radius 2 is 1.92 bits per heavy atom. The summed E-state index contributed by atoms with van der Waals surface area (Å²) in [5, 5.41) is 11.4. The number of amides is 1. The van der Waals surface area contributed by atoms with Crippen LogP contribution < -0.4 is 5.32 Å². The van der Waals surface area contributed by atoms with E-state index in [1.54, 1.807) is 6.92 Å². The van der Waals surface area contributed by atoms with Crippen molar-refractivity contribution in [2.45, 2.75) is 39.0 Å². The number of nitrogens with one attached hydrogen (secondary N) is 1. The van der Waals surface area contributed by atoms with E-state index in [-0.39, 0.29) is 18.7 Å². The molecule has 0 unspecified atom stereocenters. The van der Waals surface area contributed by atoms with Crippen LogP contribution in [0.25, 0.3) is 11.5 Å². The van der Waals surface area contributed by atoms with Gasteiger partial charge in [-0.05, 0) is 31.9 Å². The summed E-state index contributed by atoms with van der Waals surface area (Å²) < 4.78 is 5.63. The lowest BCUT2D eigenvalue weighted by Crippen LogP contribution is -2.26. The van der Waals surface area contributed by atoms with Crippen LogP contribution in [-0.4, -0.2) is 28.5 Å². The largest absolute Gasteiger partial charge is 0.481 e. The van der Waals surface area contributed by atoms with Gasteiger partial charge in [-0.2, -0.15) is 0 Å². The van der Waals surface area contributed by atoms with E-state index in [1.165, 1.54) is 0 Å². The second kappa shape index (κ2) is 8.86. The Labute approximate surface area is 140 Å². The number of carbonyl (C=O) groups is 2. The molecule has 0 bridgehead atoms. The van der Waals surface area contributed by atoms with Crippen LogP contribution in [0.2, 0.25) is 0 Å². The fourth-order valence-electron chi connectivity index (χ4n) is 2.32. The molecule has 2 N–H and O–H groups in total. The predicted octanol–water partition coefficient (Wildman–Crippen LogP) is 2.95. The summed E-state index contributed by atoms with van der Waals surface area (Å²) in [6.45, 7) is 2.34. The zero-order chi connectivity index (χ0) is 17.4. The number of benzene rings is 1. The second-order valence-corrected chi connectivity index (χ2v) is 5.62. The van der Waals surface area contributed by atoms with E-state index in [0.717, 1.165) is 18.4 Å². The van der Waals surface area contributed by atoms with Gasteiger partial charge in [-0.3, -0.25) is 9.59 Å². The summed E-state index contributed by atoms with van der Waals surface area (Å²) >= 11 is 0. The quantitative estimate of drug-likeness (QED) is 0.690. The van der Waals surface area contributed by atoms with E-state index < -0.39 is 5.97 Å². The third-order valence-electron chi connectivity index (χ3n) is 3.63. The van der Waals surface area contributed by atoms with Crippen molar-refractivity contribution in [3.8, 4) is 11.5 Å². The molecule has 2 aromatic rings. The van der Waals surface area contributed by atoms with Gasteiger partial charge in [-0.25, -0.2) is 4.98 Å². The van der Waals surface area contributed by atoms with Gasteiger partial charge in [0.05, 0.1) is 12.1 Å². The van der Waals surface area contributed by atoms with Crippen molar-refractivity contribution in [1.82, 2.24) is 10.3 Å². The summed E-state index contributed by atoms with van der Waals surface area (Å²) in [5.74, 6) is 0.272. The highest BCUT2D eigenvalue weighted by Crippen LogP contribution is 2.21. The molecule has 2 rings (SSSR count). The van der Waals surface area contributed by atoms with E-state index in [1.807, 2.05) is 30.3 Å². The molecule has 1 heterocycles. The number of rotatable bonds is 9. The van der Waals surface area contributed by atoms with Gasteiger partial charge in [0.25, 0.3) is 0 Å². The van der Waals surface area contributed by atoms with Gasteiger partial charge in [0.15, 0.2) is 0 Å². The van der Waals surface area contributed by atoms with Crippen LogP contribution in [0.5, 0.6) is 0 Å². The van der Waals surface area contributed by atoms with Crippen molar-refractivity contribution in [3.63, 3.8) is 0 Å². The molecule has 0 aliphatic carbocycles. The number of aliphatic carboxylic acids is 1. The number of aryl methyl sites for hydroxylation is 1. The van der Waals surface area contributed by atoms with Crippen LogP contribution in [0.4, 0.5) is 0 Å². The van der Waals surface area contributed by atoms with Crippen LogP contribution in [0, 0.1) is 6.92 Å². The molecule has 1 amide bonds. The molecule has 0 aliphatic heterocycles. The van der Waals surface area contributed by atoms with E-state index >= 15 is 0 Å². The van der Waals surface area contributed by atoms with Gasteiger partial charge in [0, 0.05) is 18.5 Å². The maximum atomic E-state index is 12.0. The molecule has 24 heavy (non-hydrogen) atoms. The summed E-state index contributed by atoms with van der Waals surface area (Å²) in [6.07, 6.45) is 2.54. The third-order valence-corrected chi connectivity index (χ3v) is 3.63. The maximum absolute atomic E-state index is 12.0. The second-order valence-electron chi connectivity index (χ2n) is 5.62. The molecule has 0 spiro atoms. The molecule has 0 saturated heterocycles. The molecule has 0 atom stereocenters. The Hall–Kier alpha value is -2.63. The van der Waals surface area contributed by atoms with Crippen molar-refractivity contribution >= 4 is 11.9 Å². The van der Waals surface area contributed by atoms with Gasteiger partial charge >= 0.3 is 5.97 Å². The minimum absolute atomic E-state index is 0.107. The van der Waals surface area contributed by atoms with Gasteiger partial charge in [0.2, 0.25) is 11.8 Å². The lowest BCUT2D eigenvalue weighted by molar-refractivity contribution is -0.137. The molecule has 0 radical (unpaired) electrons. The number of nitrogens with zero attached hydrogens (tertiary/aromatic N) is 1. The zero-order valence-electron chi connectivity index (χ0n) is 13.7. The van der Waals surface area contributed by atoms with Crippen LogP contribution in [-0.2, 0) is 16.0 Å². The van der Waals surface area contributed by atoms with Crippen molar-refractivity contribution in [3.05, 3.63) is 41.8 Å². The minimum Gasteiger partial charge on any atom is -0.481 e. The van der Waals surface area contributed by atoms with Crippen molar-refractivity contribution in [2.24, 2.45) is 0 Å². The molecule has 0 saturated carbocycles. The van der Waals surface area contributed by atoms with Crippen LogP contribution in [0.1, 0.15) is 37.1 Å². The zero-order valence-corrected chi connectivity index (χ0v) is 13.7. The van der Waals surface area contributed by atoms with E-state index in [9.17, 15) is 9.59 Å². The monoisotopic (exact) mass is 330 g/mol.